The van der Waals surface area contributed by atoms with Gasteiger partial charge >= 0.3 is 0 Å². The summed E-state index contributed by atoms with van der Waals surface area (Å²) in [5.74, 6) is 0.243. The van der Waals surface area contributed by atoms with Gasteiger partial charge in [-0.2, -0.15) is 5.10 Å². The van der Waals surface area contributed by atoms with Gasteiger partial charge in [0.15, 0.2) is 5.78 Å². The minimum absolute atomic E-state index is 0.0514. The van der Waals surface area contributed by atoms with E-state index >= 15 is 0 Å². The summed E-state index contributed by atoms with van der Waals surface area (Å²) in [4.78, 5) is 21.9. The van der Waals surface area contributed by atoms with E-state index in [0.717, 1.165) is 21.3 Å². The fraction of sp³-hybridized carbons (Fsp3) is 0.280. The molecule has 10 heteroatoms. The fourth-order valence-electron chi connectivity index (χ4n) is 4.43. The van der Waals surface area contributed by atoms with Gasteiger partial charge in [0.25, 0.3) is 6.43 Å². The van der Waals surface area contributed by atoms with Crippen molar-refractivity contribution >= 4 is 32.9 Å². The van der Waals surface area contributed by atoms with Crippen LogP contribution in [0.3, 0.4) is 0 Å². The summed E-state index contributed by atoms with van der Waals surface area (Å²) in [7, 11) is 0. The van der Waals surface area contributed by atoms with Gasteiger partial charge < -0.3 is 8.80 Å². The van der Waals surface area contributed by atoms with E-state index in [1.54, 1.807) is 6.33 Å². The lowest BCUT2D eigenvalue weighted by molar-refractivity contribution is 0.0967. The van der Waals surface area contributed by atoms with Gasteiger partial charge in [0.1, 0.15) is 11.3 Å². The molecule has 178 valence electrons. The van der Waals surface area contributed by atoms with Crippen LogP contribution in [0.5, 0.6) is 0 Å². The predicted octanol–water partition coefficient (Wildman–Crippen LogP) is 5.62. The van der Waals surface area contributed by atoms with E-state index in [4.69, 9.17) is 0 Å². The van der Waals surface area contributed by atoms with Gasteiger partial charge in [0, 0.05) is 35.7 Å². The second-order valence-corrected chi connectivity index (χ2v) is 9.83. The SMILES string of the molecule is O=C(CCc1ncn2ccc(Br)cc12)c1cn(Cc2cn3cc(C4CC4)ccc3n2)nc1C(F)F. The number of halogens is 3. The molecule has 1 aliphatic rings. The largest absolute Gasteiger partial charge is 0.306 e. The molecule has 35 heavy (non-hydrogen) atoms. The summed E-state index contributed by atoms with van der Waals surface area (Å²) >= 11 is 3.44. The Morgan fingerprint density at radius 3 is 2.80 bits per heavy atom. The average molecular weight is 539 g/mol. The van der Waals surface area contributed by atoms with Crippen molar-refractivity contribution in [3.05, 3.63) is 88.1 Å². The number of Topliss-reactive ketones (excluding diaryl/α,β-unsaturated/α-hetero) is 1. The van der Waals surface area contributed by atoms with Crippen molar-refractivity contribution in [2.75, 3.05) is 0 Å². The first-order chi connectivity index (χ1) is 16.9. The van der Waals surface area contributed by atoms with Crippen LogP contribution in [-0.2, 0) is 13.0 Å². The molecular formula is C25H21BrF2N6O. The molecule has 1 fully saturated rings. The number of aryl methyl sites for hydroxylation is 1. The molecule has 0 aliphatic heterocycles. The quantitative estimate of drug-likeness (QED) is 0.240. The molecule has 1 aliphatic carbocycles. The van der Waals surface area contributed by atoms with Crippen molar-refractivity contribution in [2.24, 2.45) is 0 Å². The lowest BCUT2D eigenvalue weighted by atomic mass is 10.1. The van der Waals surface area contributed by atoms with E-state index in [1.807, 2.05) is 39.4 Å². The standard InChI is InChI=1S/C25H21BrF2N6O/c26-17-7-8-32-14-29-20(21(32)9-17)4-5-22(35)19-13-34(31-24(19)25(27)28)12-18-11-33-10-16(15-1-2-15)3-6-23(33)30-18/h3,6-11,13-15,25H,1-2,4-5,12H2. The monoisotopic (exact) mass is 538 g/mol. The molecule has 0 atom stereocenters. The summed E-state index contributed by atoms with van der Waals surface area (Å²) in [6, 6.07) is 7.86. The highest BCUT2D eigenvalue weighted by Gasteiger charge is 2.25. The third kappa shape index (κ3) is 4.38. The van der Waals surface area contributed by atoms with Gasteiger partial charge in [-0.15, -0.1) is 0 Å². The topological polar surface area (TPSA) is 69.5 Å². The van der Waals surface area contributed by atoms with Crippen molar-refractivity contribution in [3.63, 3.8) is 0 Å². The molecule has 0 bridgehead atoms. The number of hydrogen-bond donors (Lipinski definition) is 0. The summed E-state index contributed by atoms with van der Waals surface area (Å²) < 4.78 is 33.6. The lowest BCUT2D eigenvalue weighted by Crippen LogP contribution is -2.04. The molecule has 5 heterocycles. The van der Waals surface area contributed by atoms with Crippen LogP contribution in [0.15, 0.2) is 59.9 Å². The van der Waals surface area contributed by atoms with Crippen LogP contribution in [0.25, 0.3) is 11.2 Å². The van der Waals surface area contributed by atoms with Gasteiger partial charge in [-0.3, -0.25) is 9.48 Å². The minimum atomic E-state index is -2.85. The van der Waals surface area contributed by atoms with E-state index in [0.29, 0.717) is 18.0 Å². The maximum absolute atomic E-state index is 13.7. The zero-order chi connectivity index (χ0) is 24.1. The zero-order valence-corrected chi connectivity index (χ0v) is 20.2. The molecule has 0 aromatic carbocycles. The number of imidazole rings is 2. The number of pyridine rings is 2. The Balaban J connectivity index is 1.21. The Kier molecular flexibility index (Phi) is 5.47. The first-order valence-electron chi connectivity index (χ1n) is 11.4. The number of hydrogen-bond acceptors (Lipinski definition) is 4. The van der Waals surface area contributed by atoms with Crippen LogP contribution in [0.4, 0.5) is 8.78 Å². The Labute approximate surface area is 207 Å². The fourth-order valence-corrected chi connectivity index (χ4v) is 4.77. The number of aromatic nitrogens is 6. The predicted molar refractivity (Wildman–Crippen MR) is 129 cm³/mol. The summed E-state index contributed by atoms with van der Waals surface area (Å²) in [6.45, 7) is 0.202. The minimum Gasteiger partial charge on any atom is -0.306 e. The zero-order valence-electron chi connectivity index (χ0n) is 18.6. The number of carbonyl (C=O) groups excluding carboxylic acids is 1. The Bertz CT molecular complexity index is 1570. The van der Waals surface area contributed by atoms with Crippen molar-refractivity contribution in [1.82, 2.24) is 28.5 Å². The van der Waals surface area contributed by atoms with Gasteiger partial charge in [-0.05, 0) is 48.9 Å². The van der Waals surface area contributed by atoms with Crippen molar-refractivity contribution < 1.29 is 13.6 Å². The van der Waals surface area contributed by atoms with Gasteiger partial charge in [0.05, 0.1) is 35.3 Å². The molecule has 0 unspecified atom stereocenters. The molecule has 0 N–H and O–H groups in total. The van der Waals surface area contributed by atoms with E-state index in [-0.39, 0.29) is 24.3 Å². The highest BCUT2D eigenvalue weighted by Crippen LogP contribution is 2.39. The maximum Gasteiger partial charge on any atom is 0.282 e. The highest BCUT2D eigenvalue weighted by molar-refractivity contribution is 9.10. The maximum atomic E-state index is 13.7. The normalized spacial score (nSPS) is 13.9. The number of nitrogens with zero attached hydrogens (tertiary/aromatic N) is 6. The van der Waals surface area contributed by atoms with Gasteiger partial charge in [-0.25, -0.2) is 18.7 Å². The average Bonchev–Trinajstić information content (AvgIpc) is 3.29. The summed E-state index contributed by atoms with van der Waals surface area (Å²) in [5, 5.41) is 4.03. The van der Waals surface area contributed by atoms with E-state index < -0.39 is 12.1 Å². The summed E-state index contributed by atoms with van der Waals surface area (Å²) in [6.07, 6.45) is 8.88. The Hall–Kier alpha value is -3.40. The molecule has 0 spiro atoms. The van der Waals surface area contributed by atoms with E-state index in [1.165, 1.54) is 29.3 Å². The third-order valence-corrected chi connectivity index (χ3v) is 6.86. The number of ketones is 1. The third-order valence-electron chi connectivity index (χ3n) is 6.36. The molecular weight excluding hydrogens is 518 g/mol. The van der Waals surface area contributed by atoms with Crippen molar-refractivity contribution in [1.29, 1.82) is 0 Å². The smallest absolute Gasteiger partial charge is 0.282 e. The van der Waals surface area contributed by atoms with Gasteiger partial charge in [0.2, 0.25) is 0 Å². The van der Waals surface area contributed by atoms with Gasteiger partial charge in [-0.1, -0.05) is 22.0 Å². The molecule has 7 nitrogen and oxygen atoms in total. The van der Waals surface area contributed by atoms with Crippen LogP contribution >= 0.6 is 15.9 Å². The number of rotatable bonds is 8. The Morgan fingerprint density at radius 1 is 1.14 bits per heavy atom. The van der Waals surface area contributed by atoms with Crippen LogP contribution in [0.2, 0.25) is 0 Å². The number of carbonyl (C=O) groups is 1. The second kappa shape index (κ2) is 8.67. The van der Waals surface area contributed by atoms with Crippen LogP contribution in [0.1, 0.15) is 64.6 Å². The number of fused-ring (bicyclic) bond motifs is 2. The molecule has 5 aromatic rings. The van der Waals surface area contributed by atoms with Crippen LogP contribution in [-0.4, -0.2) is 34.3 Å². The summed E-state index contributed by atoms with van der Waals surface area (Å²) in [5.41, 5.74) is 3.83. The molecule has 0 radical (unpaired) electrons. The van der Waals surface area contributed by atoms with Crippen LogP contribution < -0.4 is 0 Å². The second-order valence-electron chi connectivity index (χ2n) is 8.91. The molecule has 6 rings (SSSR count). The number of alkyl halides is 2. The van der Waals surface area contributed by atoms with Crippen molar-refractivity contribution in [3.8, 4) is 0 Å². The molecule has 0 saturated heterocycles. The van der Waals surface area contributed by atoms with Crippen LogP contribution in [0, 0.1) is 0 Å². The first kappa shape index (κ1) is 22.1. The van der Waals surface area contributed by atoms with Crippen molar-refractivity contribution in [2.45, 2.75) is 44.6 Å². The molecule has 5 aromatic heterocycles. The van der Waals surface area contributed by atoms with E-state index in [2.05, 4.69) is 43.3 Å². The highest BCUT2D eigenvalue weighted by atomic mass is 79.9. The molecule has 1 saturated carbocycles. The Morgan fingerprint density at radius 2 is 2.00 bits per heavy atom. The van der Waals surface area contributed by atoms with E-state index in [9.17, 15) is 13.6 Å². The molecule has 0 amide bonds. The lowest BCUT2D eigenvalue weighted by Gasteiger charge is -2.01. The first-order valence-corrected chi connectivity index (χ1v) is 12.2.